The van der Waals surface area contributed by atoms with Crippen LogP contribution in [0.1, 0.15) is 0 Å². The van der Waals surface area contributed by atoms with Gasteiger partial charge in [0, 0.05) is 0 Å². The first kappa shape index (κ1) is 27.9. The van der Waals surface area contributed by atoms with Crippen LogP contribution in [0.2, 0.25) is 0 Å². The van der Waals surface area contributed by atoms with Gasteiger partial charge < -0.3 is 79.9 Å². The quantitative estimate of drug-likeness (QED) is 0.139. The van der Waals surface area contributed by atoms with E-state index in [0.717, 1.165) is 0 Å². The standard InChI is InChI=1S/C18H32O16/c19-1-6-9(24)12(27)13(28)16(30-6)34-18(5-23)15(11(26)8(3-21)32-18)33-17(4-22)14(29)10(25)7(2-20)31-17/h6-16,19-29H,1-5H2/t6-,7-,8-,9-,10-,11-,12+,13-,14+,15+,16-,17-,18+/m1/s1. The summed E-state index contributed by atoms with van der Waals surface area (Å²) in [5.74, 6) is -4.95. The van der Waals surface area contributed by atoms with Crippen molar-refractivity contribution in [2.24, 2.45) is 0 Å². The third-order valence-corrected chi connectivity index (χ3v) is 6.27. The Morgan fingerprint density at radius 2 is 1.09 bits per heavy atom. The molecule has 3 heterocycles. The summed E-state index contributed by atoms with van der Waals surface area (Å²) in [6.07, 6.45) is -19.1. The van der Waals surface area contributed by atoms with Gasteiger partial charge in [0.05, 0.1) is 19.8 Å². The fourth-order valence-corrected chi connectivity index (χ4v) is 4.26. The smallest absolute Gasteiger partial charge is 0.224 e. The second-order valence-corrected chi connectivity index (χ2v) is 8.40. The van der Waals surface area contributed by atoms with E-state index in [9.17, 15) is 56.2 Å². The Morgan fingerprint density at radius 1 is 0.559 bits per heavy atom. The number of hydrogen-bond acceptors (Lipinski definition) is 16. The molecule has 0 aromatic rings. The molecule has 34 heavy (non-hydrogen) atoms. The van der Waals surface area contributed by atoms with E-state index in [-0.39, 0.29) is 0 Å². The highest BCUT2D eigenvalue weighted by Crippen LogP contribution is 2.42. The molecule has 0 aromatic carbocycles. The molecule has 0 bridgehead atoms. The first-order valence-corrected chi connectivity index (χ1v) is 10.5. The molecule has 3 saturated heterocycles. The highest BCUT2D eigenvalue weighted by molar-refractivity contribution is 5.04. The van der Waals surface area contributed by atoms with Crippen molar-refractivity contribution >= 4 is 0 Å². The Morgan fingerprint density at radius 3 is 1.59 bits per heavy atom. The van der Waals surface area contributed by atoms with E-state index in [0.29, 0.717) is 0 Å². The van der Waals surface area contributed by atoms with Crippen LogP contribution in [0.15, 0.2) is 0 Å². The molecule has 13 atom stereocenters. The van der Waals surface area contributed by atoms with E-state index in [1.807, 2.05) is 0 Å². The lowest BCUT2D eigenvalue weighted by Crippen LogP contribution is -2.64. The van der Waals surface area contributed by atoms with Crippen molar-refractivity contribution in [2.45, 2.75) is 78.9 Å². The molecule has 0 aliphatic carbocycles. The predicted molar refractivity (Wildman–Crippen MR) is 101 cm³/mol. The number of ether oxygens (including phenoxy) is 5. The molecule has 3 aliphatic rings. The van der Waals surface area contributed by atoms with Crippen LogP contribution in [-0.2, 0) is 23.7 Å². The van der Waals surface area contributed by atoms with Gasteiger partial charge in [-0.1, -0.05) is 0 Å². The lowest BCUT2D eigenvalue weighted by molar-refractivity contribution is -0.403. The normalized spacial score (nSPS) is 51.8. The van der Waals surface area contributed by atoms with Gasteiger partial charge in [-0.25, -0.2) is 0 Å². The zero-order valence-electron chi connectivity index (χ0n) is 17.8. The average molecular weight is 504 g/mol. The summed E-state index contributed by atoms with van der Waals surface area (Å²) in [7, 11) is 0. The molecule has 200 valence electrons. The monoisotopic (exact) mass is 504 g/mol. The van der Waals surface area contributed by atoms with Crippen LogP contribution in [0.3, 0.4) is 0 Å². The Labute approximate surface area is 192 Å². The first-order chi connectivity index (χ1) is 16.0. The SMILES string of the molecule is OC[C@H]1O[C@](CO)(O[C@H]2[C@H](O)[C@@H](CO)O[C@@]2(CO)O[C@H]2O[C@H](CO)[C@@H](O)[C@H](O)[C@H]2O)[C@@H](O)[C@@H]1O. The highest BCUT2D eigenvalue weighted by Gasteiger charge is 2.64. The summed E-state index contributed by atoms with van der Waals surface area (Å²) in [6, 6.07) is 0. The van der Waals surface area contributed by atoms with E-state index in [2.05, 4.69) is 0 Å². The lowest BCUT2D eigenvalue weighted by atomic mass is 9.98. The molecule has 16 heteroatoms. The fourth-order valence-electron chi connectivity index (χ4n) is 4.26. The van der Waals surface area contributed by atoms with Gasteiger partial charge in [0.2, 0.25) is 11.6 Å². The van der Waals surface area contributed by atoms with Crippen molar-refractivity contribution in [3.63, 3.8) is 0 Å². The molecule has 3 rings (SSSR count). The van der Waals surface area contributed by atoms with E-state index in [4.69, 9.17) is 23.7 Å². The number of hydrogen-bond donors (Lipinski definition) is 11. The maximum Gasteiger partial charge on any atom is 0.224 e. The molecule has 0 spiro atoms. The molecule has 16 nitrogen and oxygen atoms in total. The molecule has 0 unspecified atom stereocenters. The van der Waals surface area contributed by atoms with Crippen molar-refractivity contribution < 1.29 is 79.9 Å². The van der Waals surface area contributed by atoms with Gasteiger partial charge in [-0.2, -0.15) is 0 Å². The van der Waals surface area contributed by atoms with Crippen LogP contribution >= 0.6 is 0 Å². The number of rotatable bonds is 9. The van der Waals surface area contributed by atoms with Crippen LogP contribution in [-0.4, -0.2) is 168 Å². The fraction of sp³-hybridized carbons (Fsp3) is 1.00. The van der Waals surface area contributed by atoms with Crippen molar-refractivity contribution in [1.29, 1.82) is 0 Å². The number of aliphatic hydroxyl groups is 11. The third kappa shape index (κ3) is 4.59. The minimum Gasteiger partial charge on any atom is -0.394 e. The van der Waals surface area contributed by atoms with Crippen molar-refractivity contribution in [2.75, 3.05) is 33.0 Å². The highest BCUT2D eigenvalue weighted by atomic mass is 16.8. The van der Waals surface area contributed by atoms with Crippen LogP contribution in [0.5, 0.6) is 0 Å². The molecule has 0 radical (unpaired) electrons. The second kappa shape index (κ2) is 10.8. The molecule has 3 aliphatic heterocycles. The molecule has 0 amide bonds. The van der Waals surface area contributed by atoms with Crippen LogP contribution in [0.25, 0.3) is 0 Å². The maximum absolute atomic E-state index is 10.7. The Bertz CT molecular complexity index is 668. The topological polar surface area (TPSA) is 269 Å². The summed E-state index contributed by atoms with van der Waals surface area (Å²) in [4.78, 5) is 0. The minimum atomic E-state index is -2.49. The summed E-state index contributed by atoms with van der Waals surface area (Å²) in [5.41, 5.74) is 0. The van der Waals surface area contributed by atoms with Crippen LogP contribution in [0, 0.1) is 0 Å². The van der Waals surface area contributed by atoms with Crippen molar-refractivity contribution in [3.8, 4) is 0 Å². The van der Waals surface area contributed by atoms with E-state index in [1.54, 1.807) is 0 Å². The van der Waals surface area contributed by atoms with Gasteiger partial charge >= 0.3 is 0 Å². The van der Waals surface area contributed by atoms with E-state index < -0.39 is 112 Å². The van der Waals surface area contributed by atoms with Gasteiger partial charge in [-0.3, -0.25) is 0 Å². The van der Waals surface area contributed by atoms with E-state index >= 15 is 0 Å². The van der Waals surface area contributed by atoms with Gasteiger partial charge in [0.15, 0.2) is 6.29 Å². The average Bonchev–Trinajstić information content (AvgIpc) is 3.25. The maximum atomic E-state index is 10.7. The Hall–Kier alpha value is -0.640. The second-order valence-electron chi connectivity index (χ2n) is 8.40. The zero-order chi connectivity index (χ0) is 25.4. The molecule has 11 N–H and O–H groups in total. The summed E-state index contributed by atoms with van der Waals surface area (Å²) < 4.78 is 27.1. The van der Waals surface area contributed by atoms with Gasteiger partial charge in [-0.05, 0) is 0 Å². The minimum absolute atomic E-state index is 0.779. The van der Waals surface area contributed by atoms with Gasteiger partial charge in [-0.15, -0.1) is 0 Å². The lowest BCUT2D eigenvalue weighted by Gasteiger charge is -2.45. The Balaban J connectivity index is 1.93. The van der Waals surface area contributed by atoms with Gasteiger partial charge in [0.25, 0.3) is 0 Å². The predicted octanol–water partition coefficient (Wildman–Crippen LogP) is -7.57. The van der Waals surface area contributed by atoms with Crippen LogP contribution in [0.4, 0.5) is 0 Å². The summed E-state index contributed by atoms with van der Waals surface area (Å²) in [5, 5.41) is 110. The largest absolute Gasteiger partial charge is 0.394 e. The van der Waals surface area contributed by atoms with Crippen molar-refractivity contribution in [1.82, 2.24) is 0 Å². The first-order valence-electron chi connectivity index (χ1n) is 10.5. The van der Waals surface area contributed by atoms with Crippen molar-refractivity contribution in [3.05, 3.63) is 0 Å². The molecule has 0 aromatic heterocycles. The van der Waals surface area contributed by atoms with Gasteiger partial charge in [0.1, 0.15) is 74.3 Å². The van der Waals surface area contributed by atoms with E-state index in [1.165, 1.54) is 0 Å². The zero-order valence-corrected chi connectivity index (χ0v) is 17.8. The number of aliphatic hydroxyl groups excluding tert-OH is 11. The summed E-state index contributed by atoms with van der Waals surface area (Å²) >= 11 is 0. The molecular formula is C18H32O16. The molecular weight excluding hydrogens is 472 g/mol. The molecule has 3 fully saturated rings. The van der Waals surface area contributed by atoms with Crippen LogP contribution < -0.4 is 0 Å². The molecule has 0 saturated carbocycles. The Kier molecular flexibility index (Phi) is 8.85. The summed E-state index contributed by atoms with van der Waals surface area (Å²) in [6.45, 7) is -4.68. The third-order valence-electron chi connectivity index (χ3n) is 6.27.